The van der Waals surface area contributed by atoms with E-state index < -0.39 is 7.92 Å². The van der Waals surface area contributed by atoms with Crippen LogP contribution in [-0.2, 0) is 10.8 Å². The summed E-state index contributed by atoms with van der Waals surface area (Å²) in [7, 11) is 10.6. The van der Waals surface area contributed by atoms with Crippen molar-refractivity contribution in [2.24, 2.45) is 0 Å². The van der Waals surface area contributed by atoms with Crippen LogP contribution in [0.5, 0.6) is 23.0 Å². The molecule has 6 nitrogen and oxygen atoms in total. The van der Waals surface area contributed by atoms with E-state index in [4.69, 9.17) is 18.9 Å². The highest BCUT2D eigenvalue weighted by Gasteiger charge is 2.33. The van der Waals surface area contributed by atoms with Crippen LogP contribution in [0.25, 0.3) is 0 Å². The van der Waals surface area contributed by atoms with Crippen molar-refractivity contribution < 1.29 is 18.9 Å². The van der Waals surface area contributed by atoms with Gasteiger partial charge in [0.1, 0.15) is 36.2 Å². The number of benzene rings is 3. The molecule has 0 heterocycles. The topological polar surface area (TPSA) is 43.4 Å². The molecule has 0 saturated heterocycles. The molecule has 0 bridgehead atoms. The highest BCUT2D eigenvalue weighted by atomic mass is 31.1. The third-order valence-corrected chi connectivity index (χ3v) is 9.68. The van der Waals surface area contributed by atoms with Gasteiger partial charge in [0.05, 0.1) is 14.2 Å². The van der Waals surface area contributed by atoms with Crippen LogP contribution in [-0.4, -0.2) is 78.5 Å². The van der Waals surface area contributed by atoms with Crippen LogP contribution in [0.2, 0.25) is 0 Å². The summed E-state index contributed by atoms with van der Waals surface area (Å²) < 4.78 is 25.4. The van der Waals surface area contributed by atoms with Crippen LogP contribution in [0.15, 0.2) is 54.6 Å². The van der Waals surface area contributed by atoms with Crippen LogP contribution in [0.3, 0.4) is 0 Å². The van der Waals surface area contributed by atoms with E-state index in [1.807, 2.05) is 0 Å². The number of ether oxygens (including phenoxy) is 4. The van der Waals surface area contributed by atoms with Gasteiger partial charge in [0, 0.05) is 34.8 Å². The fourth-order valence-electron chi connectivity index (χ4n) is 4.81. The Morgan fingerprint density at radius 3 is 1.33 bits per heavy atom. The van der Waals surface area contributed by atoms with E-state index in [0.717, 1.165) is 57.8 Å². The van der Waals surface area contributed by atoms with Crippen LogP contribution >= 0.6 is 7.92 Å². The van der Waals surface area contributed by atoms with Crippen LogP contribution in [0, 0.1) is 0 Å². The number of rotatable bonds is 13. The van der Waals surface area contributed by atoms with Crippen molar-refractivity contribution in [1.82, 2.24) is 9.80 Å². The molecule has 0 fully saturated rings. The molecule has 43 heavy (non-hydrogen) atoms. The van der Waals surface area contributed by atoms with Gasteiger partial charge in [-0.15, -0.1) is 0 Å². The van der Waals surface area contributed by atoms with Crippen LogP contribution < -0.4 is 34.9 Å². The van der Waals surface area contributed by atoms with Crippen LogP contribution in [0.1, 0.15) is 52.7 Å². The average Bonchev–Trinajstić information content (AvgIpc) is 2.93. The lowest BCUT2D eigenvalue weighted by Gasteiger charge is -2.32. The summed E-state index contributed by atoms with van der Waals surface area (Å²) in [6, 6.07) is 19.3. The van der Waals surface area contributed by atoms with E-state index in [9.17, 15) is 0 Å². The van der Waals surface area contributed by atoms with E-state index in [-0.39, 0.29) is 10.8 Å². The first-order valence-corrected chi connectivity index (χ1v) is 16.4. The van der Waals surface area contributed by atoms with Gasteiger partial charge in [-0.25, -0.2) is 0 Å². The summed E-state index contributed by atoms with van der Waals surface area (Å²) in [5.41, 5.74) is 1.89. The summed E-state index contributed by atoms with van der Waals surface area (Å²) in [4.78, 5) is 4.29. The van der Waals surface area contributed by atoms with Gasteiger partial charge in [0.2, 0.25) is 0 Å². The largest absolute Gasteiger partial charge is 0.497 e. The van der Waals surface area contributed by atoms with Crippen molar-refractivity contribution in [3.05, 3.63) is 65.7 Å². The number of methoxy groups -OCH3 is 2. The second-order valence-corrected chi connectivity index (χ2v) is 15.7. The van der Waals surface area contributed by atoms with Crippen LogP contribution in [0.4, 0.5) is 0 Å². The van der Waals surface area contributed by atoms with E-state index in [0.29, 0.717) is 13.2 Å². The molecular weight excluding hydrogens is 555 g/mol. The number of hydrogen-bond acceptors (Lipinski definition) is 6. The van der Waals surface area contributed by atoms with Crippen molar-refractivity contribution in [2.75, 3.05) is 68.7 Å². The SMILES string of the molecule is COc1cc(P(c2ccccc2)c2cc(OC)cc(C(C)(C)C)c2OCCN(C)C)c(OCCN(C)C)c(C(C)(C)C)c1. The Morgan fingerprint density at radius 1 is 0.605 bits per heavy atom. The van der Waals surface area contributed by atoms with Gasteiger partial charge in [-0.1, -0.05) is 71.9 Å². The maximum absolute atomic E-state index is 6.78. The second kappa shape index (κ2) is 14.8. The molecule has 236 valence electrons. The molecule has 0 amide bonds. The quantitative estimate of drug-likeness (QED) is 0.224. The third kappa shape index (κ3) is 9.11. The zero-order valence-electron chi connectivity index (χ0n) is 28.5. The lowest BCUT2D eigenvalue weighted by molar-refractivity contribution is 0.258. The van der Waals surface area contributed by atoms with E-state index in [2.05, 4.69) is 134 Å². The molecule has 3 aromatic rings. The molecule has 3 rings (SSSR count). The fraction of sp³-hybridized carbons (Fsp3) is 0.500. The number of nitrogens with zero attached hydrogens (tertiary/aromatic N) is 2. The predicted octanol–water partition coefficient (Wildman–Crippen LogP) is 5.94. The van der Waals surface area contributed by atoms with Gasteiger partial charge in [0.25, 0.3) is 0 Å². The Bertz CT molecular complexity index is 1240. The van der Waals surface area contributed by atoms with Crippen molar-refractivity contribution in [1.29, 1.82) is 0 Å². The molecule has 3 aromatic carbocycles. The maximum atomic E-state index is 6.78. The summed E-state index contributed by atoms with van der Waals surface area (Å²) in [5.74, 6) is 3.48. The summed E-state index contributed by atoms with van der Waals surface area (Å²) >= 11 is 0. The molecule has 0 aliphatic rings. The third-order valence-electron chi connectivity index (χ3n) is 7.24. The van der Waals surface area contributed by atoms with Crippen molar-refractivity contribution in [3.8, 4) is 23.0 Å². The first kappa shape index (κ1) is 34.7. The van der Waals surface area contributed by atoms with E-state index in [1.165, 1.54) is 5.30 Å². The maximum Gasteiger partial charge on any atom is 0.131 e. The summed E-state index contributed by atoms with van der Waals surface area (Å²) in [6.45, 7) is 16.2. The van der Waals surface area contributed by atoms with Gasteiger partial charge in [-0.05, 0) is 76.5 Å². The second-order valence-electron chi connectivity index (χ2n) is 13.5. The Morgan fingerprint density at radius 2 is 1.00 bits per heavy atom. The number of hydrogen-bond donors (Lipinski definition) is 0. The number of likely N-dealkylation sites (N-methyl/N-ethyl adjacent to an activating group) is 2. The minimum Gasteiger partial charge on any atom is -0.497 e. The Labute approximate surface area is 262 Å². The highest BCUT2D eigenvalue weighted by molar-refractivity contribution is 7.80. The predicted molar refractivity (Wildman–Crippen MR) is 184 cm³/mol. The molecule has 0 aliphatic heterocycles. The summed E-state index contributed by atoms with van der Waals surface area (Å²) in [6.07, 6.45) is 0. The average molecular weight is 609 g/mol. The molecule has 7 heteroatoms. The zero-order valence-corrected chi connectivity index (χ0v) is 29.4. The first-order chi connectivity index (χ1) is 20.2. The highest BCUT2D eigenvalue weighted by Crippen LogP contribution is 2.47. The molecule has 0 atom stereocenters. The molecule has 0 radical (unpaired) electrons. The first-order valence-electron chi connectivity index (χ1n) is 15.0. The minimum atomic E-state index is -1.16. The molecule has 0 N–H and O–H groups in total. The van der Waals surface area contributed by atoms with Crippen molar-refractivity contribution in [3.63, 3.8) is 0 Å². The normalized spacial score (nSPS) is 12.3. The van der Waals surface area contributed by atoms with Gasteiger partial charge in [-0.2, -0.15) is 0 Å². The van der Waals surface area contributed by atoms with Crippen molar-refractivity contribution >= 4 is 23.8 Å². The van der Waals surface area contributed by atoms with E-state index >= 15 is 0 Å². The lowest BCUT2D eigenvalue weighted by atomic mass is 9.86. The smallest absolute Gasteiger partial charge is 0.131 e. The van der Waals surface area contributed by atoms with Gasteiger partial charge in [0.15, 0.2) is 0 Å². The molecule has 0 unspecified atom stereocenters. The fourth-order valence-corrected chi connectivity index (χ4v) is 7.38. The Hall–Kier alpha value is -2.79. The van der Waals surface area contributed by atoms with Gasteiger partial charge < -0.3 is 28.7 Å². The Kier molecular flexibility index (Phi) is 11.9. The monoisotopic (exact) mass is 608 g/mol. The Balaban J connectivity index is 2.47. The molecule has 0 aromatic heterocycles. The van der Waals surface area contributed by atoms with E-state index in [1.54, 1.807) is 14.2 Å². The van der Waals surface area contributed by atoms with Crippen molar-refractivity contribution in [2.45, 2.75) is 52.4 Å². The van der Waals surface area contributed by atoms with Gasteiger partial charge in [-0.3, -0.25) is 0 Å². The molecule has 0 aliphatic carbocycles. The lowest BCUT2D eigenvalue weighted by Crippen LogP contribution is -2.30. The molecule has 0 saturated carbocycles. The standard InChI is InChI=1S/C36H53N2O4P/c1-35(2,3)29-22-26(39-11)24-31(33(29)41-20-18-37(7)8)43(28-16-14-13-15-17-28)32-25-27(40-12)23-30(36(4,5)6)34(32)42-21-19-38(9)10/h13-17,22-25H,18-21H2,1-12H3. The van der Waals surface area contributed by atoms with Gasteiger partial charge >= 0.3 is 0 Å². The minimum absolute atomic E-state index is 0.176. The molecular formula is C36H53N2O4P. The molecule has 0 spiro atoms. The zero-order chi connectivity index (χ0) is 31.9. The summed E-state index contributed by atoms with van der Waals surface area (Å²) in [5, 5.41) is 3.42.